The molecule has 0 radical (unpaired) electrons. The van der Waals surface area contributed by atoms with E-state index in [-0.39, 0.29) is 17.8 Å². The van der Waals surface area contributed by atoms with E-state index in [1.807, 2.05) is 25.1 Å². The molecule has 0 saturated carbocycles. The second-order valence-corrected chi connectivity index (χ2v) is 9.85. The molecule has 1 atom stereocenters. The maximum absolute atomic E-state index is 13.4. The first-order valence-corrected chi connectivity index (χ1v) is 13.6. The fourth-order valence-electron chi connectivity index (χ4n) is 3.91. The highest BCUT2D eigenvalue weighted by Gasteiger charge is 2.29. The Morgan fingerprint density at radius 2 is 1.97 bits per heavy atom. The van der Waals surface area contributed by atoms with Gasteiger partial charge >= 0.3 is 13.9 Å². The van der Waals surface area contributed by atoms with Crippen LogP contribution >= 0.6 is 7.82 Å². The smallest absolute Gasteiger partial charge is 0.421 e. The average molecular weight is 549 g/mol. The van der Waals surface area contributed by atoms with Gasteiger partial charge < -0.3 is 25.2 Å². The zero-order chi connectivity index (χ0) is 28.0. The molecular formula is C24H33N6O7P. The topological polar surface area (TPSA) is 168 Å². The number of rotatable bonds is 11. The number of carbonyl (C=O) groups excluding carboxylic acids is 2. The van der Waals surface area contributed by atoms with E-state index in [0.29, 0.717) is 34.4 Å². The van der Waals surface area contributed by atoms with Crippen LogP contribution in [-0.2, 0) is 13.8 Å². The molecule has 3 aromatic rings. The van der Waals surface area contributed by atoms with Crippen LogP contribution in [0.4, 0.5) is 16.3 Å². The van der Waals surface area contributed by atoms with Gasteiger partial charge in [-0.2, -0.15) is 5.10 Å². The summed E-state index contributed by atoms with van der Waals surface area (Å²) in [5, 5.41) is 10.4. The lowest BCUT2D eigenvalue weighted by Gasteiger charge is -2.25. The SMILES string of the molecule is CCCNC(C)c1ccc(C)c(N(C(=O)OCOP(=O)(O)O)c2ncnn3cc(C(=O)NCC)c(C)c23)c1. The average Bonchev–Trinajstić information content (AvgIpc) is 3.20. The van der Waals surface area contributed by atoms with Crippen LogP contribution in [0.1, 0.15) is 60.3 Å². The van der Waals surface area contributed by atoms with Crippen LogP contribution in [0.2, 0.25) is 0 Å². The maximum atomic E-state index is 13.4. The molecule has 13 nitrogen and oxygen atoms in total. The number of ether oxygens (including phenoxy) is 1. The number of nitrogens with zero attached hydrogens (tertiary/aromatic N) is 4. The number of benzene rings is 1. The van der Waals surface area contributed by atoms with Crippen LogP contribution in [0.3, 0.4) is 0 Å². The molecule has 4 N–H and O–H groups in total. The highest BCUT2D eigenvalue weighted by molar-refractivity contribution is 7.46. The Morgan fingerprint density at radius 3 is 2.63 bits per heavy atom. The van der Waals surface area contributed by atoms with Crippen molar-refractivity contribution in [2.75, 3.05) is 24.8 Å². The predicted octanol–water partition coefficient (Wildman–Crippen LogP) is 3.50. The molecule has 206 valence electrons. The normalized spacial score (nSPS) is 12.4. The third kappa shape index (κ3) is 6.74. The molecule has 1 aromatic carbocycles. The summed E-state index contributed by atoms with van der Waals surface area (Å²) in [6.07, 6.45) is 2.73. The lowest BCUT2D eigenvalue weighted by Crippen LogP contribution is -2.30. The molecule has 14 heteroatoms. The molecule has 2 aromatic heterocycles. The second kappa shape index (κ2) is 12.5. The van der Waals surface area contributed by atoms with E-state index < -0.39 is 20.7 Å². The van der Waals surface area contributed by atoms with E-state index in [9.17, 15) is 14.2 Å². The Kier molecular flexibility index (Phi) is 9.58. The number of anilines is 2. The molecule has 3 rings (SSSR count). The fourth-order valence-corrected chi connectivity index (χ4v) is 4.10. The number of fused-ring (bicyclic) bond motifs is 1. The molecule has 0 aliphatic rings. The summed E-state index contributed by atoms with van der Waals surface area (Å²) in [5.41, 5.74) is 3.29. The zero-order valence-electron chi connectivity index (χ0n) is 22.0. The van der Waals surface area contributed by atoms with Crippen molar-refractivity contribution in [3.05, 3.63) is 53.0 Å². The molecule has 38 heavy (non-hydrogen) atoms. The maximum Gasteiger partial charge on any atom is 0.472 e. The number of hydrogen-bond donors (Lipinski definition) is 4. The minimum absolute atomic E-state index is 0.0324. The highest BCUT2D eigenvalue weighted by atomic mass is 31.2. The first-order chi connectivity index (χ1) is 18.0. The molecule has 2 amide bonds. The number of phosphoric acid groups is 1. The molecule has 1 unspecified atom stereocenters. The lowest BCUT2D eigenvalue weighted by molar-refractivity contribution is 0.0445. The molecular weight excluding hydrogens is 515 g/mol. The van der Waals surface area contributed by atoms with Crippen LogP contribution in [0, 0.1) is 13.8 Å². The molecule has 0 aliphatic carbocycles. The summed E-state index contributed by atoms with van der Waals surface area (Å²) in [4.78, 5) is 49.6. The Morgan fingerprint density at radius 1 is 1.24 bits per heavy atom. The monoisotopic (exact) mass is 548 g/mol. The van der Waals surface area contributed by atoms with E-state index >= 15 is 0 Å². The standard InChI is InChI=1S/C24H33N6O7P/c1-6-10-26-17(5)18-9-8-15(3)20(11-18)30(24(32)36-14-37-38(33,34)35)22-21-16(4)19(23(31)25-7-2)12-29(21)28-13-27-22/h8-9,11-13,17,26H,6-7,10,14H2,1-5H3,(H,25,31)(H2,33,34,35). The Labute approximate surface area is 220 Å². The Hall–Kier alpha value is -3.35. The summed E-state index contributed by atoms with van der Waals surface area (Å²) in [6, 6.07) is 5.58. The van der Waals surface area contributed by atoms with Gasteiger partial charge in [0.15, 0.2) is 5.82 Å². The number of hydrogen-bond acceptors (Lipinski definition) is 8. The summed E-state index contributed by atoms with van der Waals surface area (Å²) >= 11 is 0. The predicted molar refractivity (Wildman–Crippen MR) is 140 cm³/mol. The fraction of sp³-hybridized carbons (Fsp3) is 0.417. The minimum Gasteiger partial charge on any atom is -0.421 e. The van der Waals surface area contributed by atoms with E-state index in [0.717, 1.165) is 18.5 Å². The van der Waals surface area contributed by atoms with E-state index in [2.05, 4.69) is 32.2 Å². The van der Waals surface area contributed by atoms with Gasteiger partial charge in [-0.1, -0.05) is 19.1 Å². The molecule has 0 fully saturated rings. The van der Waals surface area contributed by atoms with Crippen LogP contribution in [0.15, 0.2) is 30.7 Å². The van der Waals surface area contributed by atoms with Crippen molar-refractivity contribution in [3.63, 3.8) is 0 Å². The molecule has 0 bridgehead atoms. The molecule has 2 heterocycles. The van der Waals surface area contributed by atoms with E-state index in [4.69, 9.17) is 14.5 Å². The van der Waals surface area contributed by atoms with Crippen LogP contribution < -0.4 is 15.5 Å². The number of aromatic nitrogens is 3. The number of phosphoric ester groups is 1. The van der Waals surface area contributed by atoms with Gasteiger partial charge in [0.1, 0.15) is 11.8 Å². The van der Waals surface area contributed by atoms with Gasteiger partial charge in [-0.25, -0.2) is 28.3 Å². The Bertz CT molecular complexity index is 1360. The largest absolute Gasteiger partial charge is 0.472 e. The van der Waals surface area contributed by atoms with Crippen molar-refractivity contribution in [2.45, 2.75) is 47.1 Å². The van der Waals surface area contributed by atoms with Crippen molar-refractivity contribution in [1.29, 1.82) is 0 Å². The van der Waals surface area contributed by atoms with Crippen molar-refractivity contribution >= 4 is 36.8 Å². The zero-order valence-corrected chi connectivity index (χ0v) is 22.9. The van der Waals surface area contributed by atoms with E-state index in [1.54, 1.807) is 27.0 Å². The van der Waals surface area contributed by atoms with Gasteiger partial charge in [0.25, 0.3) is 5.91 Å². The third-order valence-corrected chi connectivity index (χ3v) is 6.30. The molecule has 0 spiro atoms. The number of aryl methyl sites for hydroxylation is 2. The summed E-state index contributed by atoms with van der Waals surface area (Å²) in [5.74, 6) is -0.191. The van der Waals surface area contributed by atoms with Crippen molar-refractivity contribution < 1.29 is 33.2 Å². The van der Waals surface area contributed by atoms with Crippen LogP contribution in [0.25, 0.3) is 5.52 Å². The first-order valence-electron chi connectivity index (χ1n) is 12.1. The van der Waals surface area contributed by atoms with Gasteiger partial charge in [-0.15, -0.1) is 0 Å². The second-order valence-electron chi connectivity index (χ2n) is 8.61. The van der Waals surface area contributed by atoms with Gasteiger partial charge in [0.2, 0.25) is 6.79 Å². The quantitative estimate of drug-likeness (QED) is 0.206. The summed E-state index contributed by atoms with van der Waals surface area (Å²) in [6.45, 7) is 9.63. The van der Waals surface area contributed by atoms with Crippen LogP contribution in [0.5, 0.6) is 0 Å². The first kappa shape index (κ1) is 29.2. The van der Waals surface area contributed by atoms with Gasteiger partial charge in [-0.05, 0) is 63.4 Å². The molecule has 0 saturated heterocycles. The third-order valence-electron chi connectivity index (χ3n) is 5.86. The van der Waals surface area contributed by atoms with Crippen LogP contribution in [-0.4, -0.2) is 56.3 Å². The van der Waals surface area contributed by atoms with Crippen molar-refractivity contribution in [3.8, 4) is 0 Å². The highest BCUT2D eigenvalue weighted by Crippen LogP contribution is 2.37. The lowest BCUT2D eigenvalue weighted by atomic mass is 10.0. The van der Waals surface area contributed by atoms with Crippen molar-refractivity contribution in [1.82, 2.24) is 25.2 Å². The van der Waals surface area contributed by atoms with E-state index in [1.165, 1.54) is 15.7 Å². The number of nitrogens with one attached hydrogen (secondary N) is 2. The summed E-state index contributed by atoms with van der Waals surface area (Å²) < 4.78 is 22.0. The van der Waals surface area contributed by atoms with Gasteiger partial charge in [0.05, 0.1) is 11.3 Å². The molecule has 0 aliphatic heterocycles. The minimum atomic E-state index is -4.88. The van der Waals surface area contributed by atoms with Gasteiger partial charge in [-0.3, -0.25) is 4.79 Å². The Balaban J connectivity index is 2.17. The summed E-state index contributed by atoms with van der Waals surface area (Å²) in [7, 11) is -4.88. The van der Waals surface area contributed by atoms with Crippen molar-refractivity contribution in [2.24, 2.45) is 0 Å². The number of carbonyl (C=O) groups is 2. The number of amides is 2. The van der Waals surface area contributed by atoms with Gasteiger partial charge in [0, 0.05) is 18.8 Å².